The molecule has 1 atom stereocenters. The van der Waals surface area contributed by atoms with Crippen LogP contribution in [0.15, 0.2) is 47.1 Å². The second kappa shape index (κ2) is 7.66. The quantitative estimate of drug-likeness (QED) is 0.735. The van der Waals surface area contributed by atoms with E-state index in [1.807, 2.05) is 43.3 Å². The standard InChI is InChI=1S/C20H20N6O2/c1-14-10-17(24-28-14)18-8-5-9-25(18)13-19(27)23-20-15(11-21)12-22-26(20)16-6-3-2-4-7-16/h2-4,6-7,10,12,18H,5,8-9,13H2,1H3,(H,23,27)/t18-/m1/s1. The van der Waals surface area contributed by atoms with E-state index in [0.717, 1.165) is 36.5 Å². The Labute approximate surface area is 162 Å². The maximum absolute atomic E-state index is 12.8. The molecule has 0 unspecified atom stereocenters. The van der Waals surface area contributed by atoms with Gasteiger partial charge in [0.05, 0.1) is 24.5 Å². The molecule has 0 spiro atoms. The van der Waals surface area contributed by atoms with Crippen molar-refractivity contribution >= 4 is 11.7 Å². The highest BCUT2D eigenvalue weighted by Gasteiger charge is 2.30. The minimum Gasteiger partial charge on any atom is -0.361 e. The molecule has 4 rings (SSSR count). The van der Waals surface area contributed by atoms with Crippen molar-refractivity contribution < 1.29 is 9.32 Å². The molecule has 8 heteroatoms. The number of para-hydroxylation sites is 1. The Morgan fingerprint density at radius 1 is 1.39 bits per heavy atom. The van der Waals surface area contributed by atoms with Crippen LogP contribution in [0.5, 0.6) is 0 Å². The summed E-state index contributed by atoms with van der Waals surface area (Å²) in [5.74, 6) is 0.949. The van der Waals surface area contributed by atoms with Gasteiger partial charge >= 0.3 is 0 Å². The molecule has 0 radical (unpaired) electrons. The van der Waals surface area contributed by atoms with Crippen LogP contribution in [0.25, 0.3) is 5.69 Å². The summed E-state index contributed by atoms with van der Waals surface area (Å²) in [7, 11) is 0. The van der Waals surface area contributed by atoms with Gasteiger partial charge in [-0.05, 0) is 38.4 Å². The van der Waals surface area contributed by atoms with Gasteiger partial charge in [0.1, 0.15) is 23.1 Å². The average molecular weight is 376 g/mol. The van der Waals surface area contributed by atoms with Crippen molar-refractivity contribution in [3.63, 3.8) is 0 Å². The number of anilines is 1. The van der Waals surface area contributed by atoms with Crippen LogP contribution in [-0.4, -0.2) is 38.8 Å². The molecule has 28 heavy (non-hydrogen) atoms. The van der Waals surface area contributed by atoms with E-state index in [-0.39, 0.29) is 18.5 Å². The first-order chi connectivity index (χ1) is 13.7. The minimum atomic E-state index is -0.193. The van der Waals surface area contributed by atoms with E-state index in [1.54, 1.807) is 4.68 Å². The van der Waals surface area contributed by atoms with E-state index < -0.39 is 0 Å². The van der Waals surface area contributed by atoms with Crippen LogP contribution >= 0.6 is 0 Å². The number of aromatic nitrogens is 3. The van der Waals surface area contributed by atoms with Gasteiger partial charge in [-0.25, -0.2) is 4.68 Å². The van der Waals surface area contributed by atoms with Crippen LogP contribution in [-0.2, 0) is 4.79 Å². The Bertz CT molecular complexity index is 1020. The van der Waals surface area contributed by atoms with Gasteiger partial charge < -0.3 is 9.84 Å². The molecule has 1 aromatic carbocycles. The van der Waals surface area contributed by atoms with Gasteiger partial charge in [-0.15, -0.1) is 0 Å². The number of nitrogens with zero attached hydrogens (tertiary/aromatic N) is 5. The second-order valence-corrected chi connectivity index (χ2v) is 6.81. The Morgan fingerprint density at radius 2 is 2.21 bits per heavy atom. The molecule has 0 aliphatic carbocycles. The van der Waals surface area contributed by atoms with Gasteiger partial charge in [-0.1, -0.05) is 23.4 Å². The van der Waals surface area contributed by atoms with Crippen molar-refractivity contribution in [2.24, 2.45) is 0 Å². The molecule has 3 aromatic rings. The zero-order valence-corrected chi connectivity index (χ0v) is 15.5. The maximum atomic E-state index is 12.8. The van der Waals surface area contributed by atoms with E-state index in [0.29, 0.717) is 11.4 Å². The Hall–Kier alpha value is -3.44. The summed E-state index contributed by atoms with van der Waals surface area (Å²) < 4.78 is 6.75. The van der Waals surface area contributed by atoms with E-state index in [1.165, 1.54) is 6.20 Å². The third-order valence-corrected chi connectivity index (χ3v) is 4.85. The predicted molar refractivity (Wildman–Crippen MR) is 102 cm³/mol. The first kappa shape index (κ1) is 17.9. The second-order valence-electron chi connectivity index (χ2n) is 6.81. The molecule has 1 saturated heterocycles. The summed E-state index contributed by atoms with van der Waals surface area (Å²) in [6.45, 7) is 2.88. The van der Waals surface area contributed by atoms with Crippen molar-refractivity contribution in [3.05, 3.63) is 59.6 Å². The molecule has 1 N–H and O–H groups in total. The van der Waals surface area contributed by atoms with E-state index in [9.17, 15) is 10.1 Å². The third kappa shape index (κ3) is 3.52. The number of aryl methyl sites for hydroxylation is 1. The fraction of sp³-hybridized carbons (Fsp3) is 0.300. The first-order valence-corrected chi connectivity index (χ1v) is 9.16. The Morgan fingerprint density at radius 3 is 2.93 bits per heavy atom. The monoisotopic (exact) mass is 376 g/mol. The van der Waals surface area contributed by atoms with Crippen LogP contribution in [0.3, 0.4) is 0 Å². The van der Waals surface area contributed by atoms with Gasteiger partial charge in [0.25, 0.3) is 0 Å². The van der Waals surface area contributed by atoms with Crippen molar-refractivity contribution in [2.45, 2.75) is 25.8 Å². The lowest BCUT2D eigenvalue weighted by Gasteiger charge is -2.22. The lowest BCUT2D eigenvalue weighted by atomic mass is 10.1. The number of hydrogen-bond acceptors (Lipinski definition) is 6. The zero-order chi connectivity index (χ0) is 19.5. The van der Waals surface area contributed by atoms with E-state index in [2.05, 4.69) is 26.5 Å². The molecular weight excluding hydrogens is 356 g/mol. The molecule has 142 valence electrons. The summed E-state index contributed by atoms with van der Waals surface area (Å²) in [6.07, 6.45) is 3.39. The number of likely N-dealkylation sites (tertiary alicyclic amines) is 1. The predicted octanol–water partition coefficient (Wildman–Crippen LogP) is 2.82. The molecule has 8 nitrogen and oxygen atoms in total. The summed E-state index contributed by atoms with van der Waals surface area (Å²) >= 11 is 0. The Balaban J connectivity index is 1.51. The molecule has 1 amide bonds. The number of nitrogens with one attached hydrogen (secondary N) is 1. The normalized spacial score (nSPS) is 16.8. The van der Waals surface area contributed by atoms with E-state index in [4.69, 9.17) is 4.52 Å². The van der Waals surface area contributed by atoms with Gasteiger partial charge in [0.2, 0.25) is 5.91 Å². The highest BCUT2D eigenvalue weighted by Crippen LogP contribution is 2.31. The van der Waals surface area contributed by atoms with Gasteiger partial charge in [-0.2, -0.15) is 10.4 Å². The number of rotatable bonds is 5. The van der Waals surface area contributed by atoms with Crippen LogP contribution in [0.2, 0.25) is 0 Å². The summed E-state index contributed by atoms with van der Waals surface area (Å²) in [5.41, 5.74) is 1.95. The first-order valence-electron chi connectivity index (χ1n) is 9.16. The lowest BCUT2D eigenvalue weighted by Crippen LogP contribution is -2.33. The van der Waals surface area contributed by atoms with Gasteiger partial charge in [0, 0.05) is 6.07 Å². The van der Waals surface area contributed by atoms with Crippen molar-refractivity contribution in [2.75, 3.05) is 18.4 Å². The highest BCUT2D eigenvalue weighted by atomic mass is 16.5. The Kier molecular flexibility index (Phi) is 4.91. The molecule has 0 bridgehead atoms. The summed E-state index contributed by atoms with van der Waals surface area (Å²) in [4.78, 5) is 14.8. The molecule has 3 heterocycles. The highest BCUT2D eigenvalue weighted by molar-refractivity contribution is 5.93. The number of benzene rings is 1. The zero-order valence-electron chi connectivity index (χ0n) is 15.5. The minimum absolute atomic E-state index is 0.0673. The molecule has 2 aromatic heterocycles. The van der Waals surface area contributed by atoms with Crippen LogP contribution in [0.4, 0.5) is 5.82 Å². The van der Waals surface area contributed by atoms with Crippen LogP contribution in [0.1, 0.15) is 35.9 Å². The number of carbonyl (C=O) groups is 1. The SMILES string of the molecule is Cc1cc([C@H]2CCCN2CC(=O)Nc2c(C#N)cnn2-c2ccccc2)no1. The molecule has 1 aliphatic rings. The van der Waals surface area contributed by atoms with Crippen molar-refractivity contribution in [1.82, 2.24) is 19.8 Å². The largest absolute Gasteiger partial charge is 0.361 e. The average Bonchev–Trinajstić information content (AvgIpc) is 3.42. The lowest BCUT2D eigenvalue weighted by molar-refractivity contribution is -0.117. The fourth-order valence-corrected chi connectivity index (χ4v) is 3.56. The molecule has 0 saturated carbocycles. The summed E-state index contributed by atoms with van der Waals surface area (Å²) in [6, 6.07) is 13.5. The maximum Gasteiger partial charge on any atom is 0.239 e. The number of amides is 1. The van der Waals surface area contributed by atoms with Gasteiger partial charge in [0.15, 0.2) is 5.82 Å². The topological polar surface area (TPSA) is 100.0 Å². The number of nitriles is 1. The fourth-order valence-electron chi connectivity index (χ4n) is 3.56. The third-order valence-electron chi connectivity index (χ3n) is 4.85. The smallest absolute Gasteiger partial charge is 0.239 e. The molecule has 1 fully saturated rings. The molecular formula is C20H20N6O2. The van der Waals surface area contributed by atoms with Crippen LogP contribution < -0.4 is 5.32 Å². The van der Waals surface area contributed by atoms with E-state index >= 15 is 0 Å². The van der Waals surface area contributed by atoms with Gasteiger partial charge in [-0.3, -0.25) is 9.69 Å². The summed E-state index contributed by atoms with van der Waals surface area (Å²) in [5, 5.41) is 20.6. The van der Waals surface area contributed by atoms with Crippen LogP contribution in [0, 0.1) is 18.3 Å². The number of carbonyl (C=O) groups excluding carboxylic acids is 1. The molecule has 1 aliphatic heterocycles. The number of hydrogen-bond donors (Lipinski definition) is 1. The van der Waals surface area contributed by atoms with Crippen molar-refractivity contribution in [1.29, 1.82) is 5.26 Å². The van der Waals surface area contributed by atoms with Crippen molar-refractivity contribution in [3.8, 4) is 11.8 Å².